The Hall–Kier alpha value is -1.24. The van der Waals surface area contributed by atoms with Crippen LogP contribution in [0.25, 0.3) is 0 Å². The van der Waals surface area contributed by atoms with Crippen molar-refractivity contribution in [3.63, 3.8) is 0 Å². The molecule has 0 aliphatic heterocycles. The predicted molar refractivity (Wildman–Crippen MR) is 76.2 cm³/mol. The van der Waals surface area contributed by atoms with Gasteiger partial charge in [-0.2, -0.15) is 3.96 Å². The summed E-state index contributed by atoms with van der Waals surface area (Å²) in [7, 11) is 0. The molecule has 0 saturated carbocycles. The van der Waals surface area contributed by atoms with E-state index >= 15 is 0 Å². The molecule has 1 aromatic carbocycles. The van der Waals surface area contributed by atoms with E-state index in [1.54, 1.807) is 24.3 Å². The second kappa shape index (κ2) is 5.60. The van der Waals surface area contributed by atoms with Crippen molar-refractivity contribution in [3.05, 3.63) is 45.7 Å². The van der Waals surface area contributed by atoms with Crippen LogP contribution in [0.4, 0.5) is 10.5 Å². The van der Waals surface area contributed by atoms with Crippen LogP contribution >= 0.6 is 34.9 Å². The maximum Gasteiger partial charge on any atom is 0.342 e. The number of carbonyl (C=O) groups excluding carboxylic acids is 1. The smallest absolute Gasteiger partial charge is 0.306 e. The molecule has 94 valence electrons. The number of rotatable bonds is 2. The molecule has 0 saturated heterocycles. The van der Waals surface area contributed by atoms with Gasteiger partial charge in [0, 0.05) is 16.8 Å². The van der Waals surface area contributed by atoms with Crippen LogP contribution in [0.15, 0.2) is 39.3 Å². The summed E-state index contributed by atoms with van der Waals surface area (Å²) in [5.41, 5.74) is 0.224. The van der Waals surface area contributed by atoms with Crippen molar-refractivity contribution in [2.45, 2.75) is 4.21 Å². The Kier molecular flexibility index (Phi) is 4.11. The van der Waals surface area contributed by atoms with E-state index in [2.05, 4.69) is 5.32 Å². The normalized spacial score (nSPS) is 10.3. The number of nitrogens with zero attached hydrogens (tertiary/aromatic N) is 1. The Bertz CT molecular complexity index is 636. The molecule has 0 fully saturated rings. The maximum absolute atomic E-state index is 11.9. The number of carbonyl (C=O) groups is 1. The zero-order chi connectivity index (χ0) is 13.1. The lowest BCUT2D eigenvalue weighted by atomic mass is 10.3. The molecule has 0 atom stereocenters. The number of anilines is 1. The van der Waals surface area contributed by atoms with Gasteiger partial charge in [0.15, 0.2) is 0 Å². The zero-order valence-corrected chi connectivity index (χ0v) is 11.7. The van der Waals surface area contributed by atoms with Crippen molar-refractivity contribution in [2.75, 3.05) is 11.6 Å². The average Bonchev–Trinajstić information content (AvgIpc) is 2.70. The Morgan fingerprint density at radius 3 is 2.83 bits per heavy atom. The standard InChI is InChI=1S/C11H9ClN2O2S2/c1-17-10-6-9(15)14(18-10)11(16)13-8-4-2-3-7(12)5-8/h2-6H,1H3,(H,13,16). The van der Waals surface area contributed by atoms with Crippen molar-refractivity contribution >= 4 is 46.6 Å². The van der Waals surface area contributed by atoms with Crippen LogP contribution in [0.3, 0.4) is 0 Å². The minimum Gasteiger partial charge on any atom is -0.306 e. The van der Waals surface area contributed by atoms with Crippen LogP contribution in [0.1, 0.15) is 0 Å². The Balaban J connectivity index is 2.22. The van der Waals surface area contributed by atoms with Crippen LogP contribution in [-0.4, -0.2) is 16.2 Å². The maximum atomic E-state index is 11.9. The zero-order valence-electron chi connectivity index (χ0n) is 9.34. The molecule has 4 nitrogen and oxygen atoms in total. The fraction of sp³-hybridized carbons (Fsp3) is 0.0909. The molecule has 1 heterocycles. The van der Waals surface area contributed by atoms with Gasteiger partial charge in [-0.05, 0) is 36.0 Å². The number of hydrogen-bond acceptors (Lipinski definition) is 4. The van der Waals surface area contributed by atoms with Crippen molar-refractivity contribution in [1.82, 2.24) is 3.96 Å². The molecule has 2 aromatic rings. The number of nitrogens with one attached hydrogen (secondary N) is 1. The topological polar surface area (TPSA) is 51.1 Å². The van der Waals surface area contributed by atoms with Crippen molar-refractivity contribution in [2.24, 2.45) is 0 Å². The predicted octanol–water partition coefficient (Wildman–Crippen LogP) is 3.37. The van der Waals surface area contributed by atoms with E-state index in [4.69, 9.17) is 11.6 Å². The first kappa shape index (κ1) is 13.2. The summed E-state index contributed by atoms with van der Waals surface area (Å²) >= 11 is 8.35. The molecule has 2 rings (SSSR count). The number of halogens is 1. The van der Waals surface area contributed by atoms with Crippen LogP contribution in [0.5, 0.6) is 0 Å². The molecular formula is C11H9ClN2O2S2. The third-order valence-corrected chi connectivity index (χ3v) is 4.39. The first-order valence-electron chi connectivity index (χ1n) is 4.94. The van der Waals surface area contributed by atoms with Gasteiger partial charge < -0.3 is 5.32 Å². The molecule has 0 unspecified atom stereocenters. The van der Waals surface area contributed by atoms with E-state index in [-0.39, 0.29) is 5.56 Å². The summed E-state index contributed by atoms with van der Waals surface area (Å²) in [6.45, 7) is 0. The molecule has 1 N–H and O–H groups in total. The second-order valence-electron chi connectivity index (χ2n) is 3.33. The largest absolute Gasteiger partial charge is 0.342 e. The van der Waals surface area contributed by atoms with Gasteiger partial charge in [0.1, 0.15) is 0 Å². The molecule has 7 heteroatoms. The number of benzene rings is 1. The highest BCUT2D eigenvalue weighted by molar-refractivity contribution is 8.00. The molecule has 0 spiro atoms. The summed E-state index contributed by atoms with van der Waals surface area (Å²) in [5, 5.41) is 3.14. The van der Waals surface area contributed by atoms with Crippen LogP contribution in [-0.2, 0) is 0 Å². The number of hydrogen-bond donors (Lipinski definition) is 1. The average molecular weight is 301 g/mol. The Morgan fingerprint density at radius 2 is 2.22 bits per heavy atom. The van der Waals surface area contributed by atoms with Gasteiger partial charge in [0.2, 0.25) is 0 Å². The molecule has 1 aromatic heterocycles. The fourth-order valence-corrected chi connectivity index (χ4v) is 2.83. The van der Waals surface area contributed by atoms with Gasteiger partial charge in [-0.15, -0.1) is 11.8 Å². The Labute approximate surface area is 117 Å². The molecular weight excluding hydrogens is 292 g/mol. The monoisotopic (exact) mass is 300 g/mol. The SMILES string of the molecule is CSc1cc(=O)n(C(=O)Nc2cccc(Cl)c2)s1. The van der Waals surface area contributed by atoms with E-state index in [0.717, 1.165) is 19.7 Å². The van der Waals surface area contributed by atoms with E-state index in [1.807, 2.05) is 6.26 Å². The number of amides is 1. The lowest BCUT2D eigenvalue weighted by Gasteiger charge is -2.04. The van der Waals surface area contributed by atoms with Crippen molar-refractivity contribution < 1.29 is 4.79 Å². The van der Waals surface area contributed by atoms with E-state index < -0.39 is 6.03 Å². The van der Waals surface area contributed by atoms with Crippen LogP contribution in [0.2, 0.25) is 5.02 Å². The van der Waals surface area contributed by atoms with Crippen LogP contribution in [0, 0.1) is 0 Å². The summed E-state index contributed by atoms with van der Waals surface area (Å²) in [6.07, 6.45) is 1.85. The van der Waals surface area contributed by atoms with Gasteiger partial charge in [-0.3, -0.25) is 4.79 Å². The Morgan fingerprint density at radius 1 is 1.44 bits per heavy atom. The van der Waals surface area contributed by atoms with Gasteiger partial charge in [0.25, 0.3) is 5.56 Å². The quantitative estimate of drug-likeness (QED) is 0.865. The number of aromatic nitrogens is 1. The second-order valence-corrected chi connectivity index (χ2v) is 5.86. The molecule has 0 radical (unpaired) electrons. The van der Waals surface area contributed by atoms with E-state index in [1.165, 1.54) is 17.8 Å². The first-order valence-corrected chi connectivity index (χ1v) is 7.32. The summed E-state index contributed by atoms with van der Waals surface area (Å²) in [6, 6.07) is 7.72. The summed E-state index contributed by atoms with van der Waals surface area (Å²) in [4.78, 5) is 23.5. The van der Waals surface area contributed by atoms with E-state index in [0.29, 0.717) is 10.7 Å². The van der Waals surface area contributed by atoms with E-state index in [9.17, 15) is 9.59 Å². The third kappa shape index (κ3) is 2.95. The first-order chi connectivity index (χ1) is 8.60. The molecule has 0 bridgehead atoms. The van der Waals surface area contributed by atoms with Gasteiger partial charge in [0.05, 0.1) is 4.21 Å². The third-order valence-electron chi connectivity index (χ3n) is 2.08. The summed E-state index contributed by atoms with van der Waals surface area (Å²) in [5.74, 6) is 0. The minimum atomic E-state index is -0.479. The molecule has 18 heavy (non-hydrogen) atoms. The highest BCUT2D eigenvalue weighted by atomic mass is 35.5. The van der Waals surface area contributed by atoms with Crippen LogP contribution < -0.4 is 10.9 Å². The minimum absolute atomic E-state index is 0.330. The lowest BCUT2D eigenvalue weighted by molar-refractivity contribution is 0.255. The highest BCUT2D eigenvalue weighted by Gasteiger charge is 2.11. The fourth-order valence-electron chi connectivity index (χ4n) is 1.30. The van der Waals surface area contributed by atoms with Gasteiger partial charge >= 0.3 is 6.03 Å². The molecule has 1 amide bonds. The molecule has 0 aliphatic carbocycles. The number of thioether (sulfide) groups is 1. The highest BCUT2D eigenvalue weighted by Crippen LogP contribution is 2.19. The van der Waals surface area contributed by atoms with Gasteiger partial charge in [-0.25, -0.2) is 4.79 Å². The molecule has 0 aliphatic rings. The van der Waals surface area contributed by atoms with Crippen molar-refractivity contribution in [1.29, 1.82) is 0 Å². The summed E-state index contributed by atoms with van der Waals surface area (Å²) < 4.78 is 1.87. The van der Waals surface area contributed by atoms with Gasteiger partial charge in [-0.1, -0.05) is 17.7 Å². The lowest BCUT2D eigenvalue weighted by Crippen LogP contribution is -2.25. The van der Waals surface area contributed by atoms with Crippen molar-refractivity contribution in [3.8, 4) is 0 Å².